The normalized spacial score (nSPS) is 10.5. The van der Waals surface area contributed by atoms with Gasteiger partial charge in [-0.05, 0) is 24.3 Å². The Labute approximate surface area is 123 Å². The highest BCUT2D eigenvalue weighted by molar-refractivity contribution is 6.00. The van der Waals surface area contributed by atoms with Gasteiger partial charge in [0.05, 0.1) is 24.6 Å². The number of fused-ring (bicyclic) bond motifs is 1. The van der Waals surface area contributed by atoms with Crippen LogP contribution in [0.1, 0.15) is 16.1 Å². The third-order valence-corrected chi connectivity index (χ3v) is 3.41. The van der Waals surface area contributed by atoms with Crippen molar-refractivity contribution >= 4 is 16.7 Å². The highest BCUT2D eigenvalue weighted by Gasteiger charge is 2.13. The van der Waals surface area contributed by atoms with Gasteiger partial charge < -0.3 is 4.74 Å². The highest BCUT2D eigenvalue weighted by atomic mass is 16.5. The molecule has 0 atom stereocenters. The number of para-hydroxylation sites is 2. The molecule has 3 aromatic rings. The van der Waals surface area contributed by atoms with E-state index in [4.69, 9.17) is 4.74 Å². The van der Waals surface area contributed by atoms with Crippen LogP contribution in [0, 0.1) is 0 Å². The van der Waals surface area contributed by atoms with E-state index in [-0.39, 0.29) is 12.2 Å². The van der Waals surface area contributed by atoms with Crippen molar-refractivity contribution in [2.45, 2.75) is 6.42 Å². The fraction of sp³-hybridized carbons (Fsp3) is 0.111. The Kier molecular flexibility index (Phi) is 3.65. The fourth-order valence-corrected chi connectivity index (χ4v) is 2.34. The minimum atomic E-state index is 0.00947. The van der Waals surface area contributed by atoms with Gasteiger partial charge in [0.15, 0.2) is 5.78 Å². The molecule has 1 heterocycles. The Morgan fingerprint density at radius 2 is 1.76 bits per heavy atom. The molecule has 3 nitrogen and oxygen atoms in total. The Hall–Kier alpha value is -2.68. The third-order valence-electron chi connectivity index (χ3n) is 3.41. The lowest BCUT2D eigenvalue weighted by Crippen LogP contribution is -2.07. The maximum absolute atomic E-state index is 12.4. The van der Waals surface area contributed by atoms with Crippen molar-refractivity contribution in [1.29, 1.82) is 0 Å². The second-order valence-electron chi connectivity index (χ2n) is 4.80. The van der Waals surface area contributed by atoms with E-state index < -0.39 is 0 Å². The van der Waals surface area contributed by atoms with Crippen LogP contribution >= 0.6 is 0 Å². The van der Waals surface area contributed by atoms with Crippen LogP contribution in [0.2, 0.25) is 0 Å². The molecular formula is C18H15NO2. The van der Waals surface area contributed by atoms with Gasteiger partial charge in [-0.2, -0.15) is 0 Å². The van der Waals surface area contributed by atoms with Crippen LogP contribution in [0.3, 0.4) is 0 Å². The van der Waals surface area contributed by atoms with E-state index in [9.17, 15) is 4.79 Å². The van der Waals surface area contributed by atoms with E-state index >= 15 is 0 Å². The topological polar surface area (TPSA) is 39.2 Å². The smallest absolute Gasteiger partial charge is 0.172 e. The number of nitrogens with zero attached hydrogens (tertiary/aromatic N) is 1. The lowest BCUT2D eigenvalue weighted by atomic mass is 10.0. The third kappa shape index (κ3) is 2.77. The van der Waals surface area contributed by atoms with Gasteiger partial charge in [0.25, 0.3) is 0 Å². The Balaban J connectivity index is 1.89. The highest BCUT2D eigenvalue weighted by Crippen LogP contribution is 2.20. The van der Waals surface area contributed by atoms with Crippen molar-refractivity contribution in [2.75, 3.05) is 7.11 Å². The molecule has 21 heavy (non-hydrogen) atoms. The van der Waals surface area contributed by atoms with E-state index in [1.54, 1.807) is 19.2 Å². The maximum atomic E-state index is 12.4. The first-order valence-corrected chi connectivity index (χ1v) is 6.79. The summed E-state index contributed by atoms with van der Waals surface area (Å²) in [4.78, 5) is 16.9. The summed E-state index contributed by atoms with van der Waals surface area (Å²) in [5.74, 6) is 0.610. The predicted octanol–water partition coefficient (Wildman–Crippen LogP) is 3.67. The monoisotopic (exact) mass is 277 g/mol. The quantitative estimate of drug-likeness (QED) is 0.683. The zero-order chi connectivity index (χ0) is 14.7. The number of ether oxygens (including phenoxy) is 1. The summed E-state index contributed by atoms with van der Waals surface area (Å²) in [6.45, 7) is 0. The molecule has 0 amide bonds. The Bertz CT molecular complexity index is 796. The summed E-state index contributed by atoms with van der Waals surface area (Å²) in [5, 5.41) is 1.07. The van der Waals surface area contributed by atoms with E-state index in [1.807, 2.05) is 48.5 Å². The van der Waals surface area contributed by atoms with Crippen molar-refractivity contribution in [3.63, 3.8) is 0 Å². The van der Waals surface area contributed by atoms with Crippen LogP contribution in [0.4, 0.5) is 0 Å². The molecule has 0 aliphatic rings. The van der Waals surface area contributed by atoms with Crippen molar-refractivity contribution in [3.8, 4) is 5.75 Å². The standard InChI is InChI=1S/C18H15NO2/c1-21-18-9-5-3-7-15(18)17(20)12-14-11-10-13-6-2-4-8-16(13)19-14/h2-11H,12H2,1H3. The van der Waals surface area contributed by atoms with Gasteiger partial charge in [-0.3, -0.25) is 9.78 Å². The maximum Gasteiger partial charge on any atom is 0.172 e. The van der Waals surface area contributed by atoms with Crippen LogP contribution in [-0.4, -0.2) is 17.9 Å². The zero-order valence-corrected chi connectivity index (χ0v) is 11.7. The fourth-order valence-electron chi connectivity index (χ4n) is 2.34. The van der Waals surface area contributed by atoms with E-state index in [0.29, 0.717) is 11.3 Å². The first-order chi connectivity index (χ1) is 10.3. The summed E-state index contributed by atoms with van der Waals surface area (Å²) in [6, 6.07) is 19.0. The van der Waals surface area contributed by atoms with Crippen LogP contribution in [0.25, 0.3) is 10.9 Å². The summed E-state index contributed by atoms with van der Waals surface area (Å²) in [5.41, 5.74) is 2.27. The minimum absolute atomic E-state index is 0.00947. The summed E-state index contributed by atoms with van der Waals surface area (Å²) in [7, 11) is 1.57. The number of rotatable bonds is 4. The molecule has 0 saturated carbocycles. The van der Waals surface area contributed by atoms with Gasteiger partial charge >= 0.3 is 0 Å². The molecule has 0 saturated heterocycles. The summed E-state index contributed by atoms with van der Waals surface area (Å²) < 4.78 is 5.23. The van der Waals surface area contributed by atoms with Crippen LogP contribution in [-0.2, 0) is 6.42 Å². The van der Waals surface area contributed by atoms with Gasteiger partial charge in [-0.15, -0.1) is 0 Å². The number of hydrogen-bond acceptors (Lipinski definition) is 3. The summed E-state index contributed by atoms with van der Waals surface area (Å²) in [6.07, 6.45) is 0.269. The molecule has 3 heteroatoms. The number of Topliss-reactive ketones (excluding diaryl/α,β-unsaturated/α-hetero) is 1. The number of carbonyl (C=O) groups excluding carboxylic acids is 1. The van der Waals surface area contributed by atoms with E-state index in [2.05, 4.69) is 4.98 Å². The molecule has 0 fully saturated rings. The minimum Gasteiger partial charge on any atom is -0.496 e. The lowest BCUT2D eigenvalue weighted by molar-refractivity contribution is 0.0989. The second-order valence-corrected chi connectivity index (χ2v) is 4.80. The average Bonchev–Trinajstić information content (AvgIpc) is 2.54. The Morgan fingerprint density at radius 3 is 2.62 bits per heavy atom. The molecule has 1 aromatic heterocycles. The van der Waals surface area contributed by atoms with Crippen LogP contribution in [0.5, 0.6) is 5.75 Å². The Morgan fingerprint density at radius 1 is 1.00 bits per heavy atom. The molecule has 0 bridgehead atoms. The number of benzene rings is 2. The van der Waals surface area contributed by atoms with E-state index in [0.717, 1.165) is 16.6 Å². The molecule has 0 unspecified atom stereocenters. The van der Waals surface area contributed by atoms with Crippen molar-refractivity contribution in [2.24, 2.45) is 0 Å². The molecule has 104 valence electrons. The van der Waals surface area contributed by atoms with Crippen LogP contribution in [0.15, 0.2) is 60.7 Å². The molecule has 0 aliphatic carbocycles. The van der Waals surface area contributed by atoms with Crippen molar-refractivity contribution < 1.29 is 9.53 Å². The number of aromatic nitrogens is 1. The zero-order valence-electron chi connectivity index (χ0n) is 11.7. The van der Waals surface area contributed by atoms with Crippen LogP contribution < -0.4 is 4.74 Å². The van der Waals surface area contributed by atoms with Crippen molar-refractivity contribution in [3.05, 3.63) is 71.9 Å². The first kappa shape index (κ1) is 13.3. The lowest BCUT2D eigenvalue weighted by Gasteiger charge is -2.07. The molecule has 2 aromatic carbocycles. The molecular weight excluding hydrogens is 262 g/mol. The SMILES string of the molecule is COc1ccccc1C(=O)Cc1ccc2ccccc2n1. The van der Waals surface area contributed by atoms with Gasteiger partial charge in [-0.1, -0.05) is 36.4 Å². The van der Waals surface area contributed by atoms with E-state index in [1.165, 1.54) is 0 Å². The number of ketones is 1. The largest absolute Gasteiger partial charge is 0.496 e. The molecule has 0 spiro atoms. The number of pyridine rings is 1. The molecule has 0 aliphatic heterocycles. The first-order valence-electron chi connectivity index (χ1n) is 6.79. The number of methoxy groups -OCH3 is 1. The second kappa shape index (κ2) is 5.75. The van der Waals surface area contributed by atoms with Gasteiger partial charge in [0.2, 0.25) is 0 Å². The summed E-state index contributed by atoms with van der Waals surface area (Å²) >= 11 is 0. The van der Waals surface area contributed by atoms with Crippen molar-refractivity contribution in [1.82, 2.24) is 4.98 Å². The van der Waals surface area contributed by atoms with Gasteiger partial charge in [0.1, 0.15) is 5.75 Å². The molecule has 0 radical (unpaired) electrons. The predicted molar refractivity (Wildman–Crippen MR) is 82.8 cm³/mol. The molecule has 3 rings (SSSR count). The van der Waals surface area contributed by atoms with Gasteiger partial charge in [0, 0.05) is 11.1 Å². The number of hydrogen-bond donors (Lipinski definition) is 0. The van der Waals surface area contributed by atoms with Gasteiger partial charge in [-0.25, -0.2) is 0 Å². The number of carbonyl (C=O) groups is 1. The average molecular weight is 277 g/mol. The molecule has 0 N–H and O–H groups in total.